The first-order valence-electron chi connectivity index (χ1n) is 12.0. The van der Waals surface area contributed by atoms with Crippen molar-refractivity contribution in [1.29, 1.82) is 0 Å². The van der Waals surface area contributed by atoms with E-state index >= 15 is 0 Å². The van der Waals surface area contributed by atoms with E-state index in [0.717, 1.165) is 35.5 Å². The van der Waals surface area contributed by atoms with Crippen molar-refractivity contribution in [3.05, 3.63) is 107 Å². The number of piperazine rings is 1. The van der Waals surface area contributed by atoms with Gasteiger partial charge >= 0.3 is 0 Å². The maximum Gasteiger partial charge on any atom is 0.246 e. The Bertz CT molecular complexity index is 1110. The third-order valence-electron chi connectivity index (χ3n) is 6.27. The molecule has 7 heteroatoms. The topological polar surface area (TPSA) is 42.0 Å². The monoisotopic (exact) mass is 492 g/mol. The van der Waals surface area contributed by atoms with Gasteiger partial charge in [0.2, 0.25) is 5.91 Å². The van der Waals surface area contributed by atoms with E-state index in [1.54, 1.807) is 43.5 Å². The van der Waals surface area contributed by atoms with E-state index < -0.39 is 6.10 Å². The second-order valence-corrected chi connectivity index (χ2v) is 8.60. The van der Waals surface area contributed by atoms with Gasteiger partial charge in [0.15, 0.2) is 0 Å². The van der Waals surface area contributed by atoms with Crippen LogP contribution in [0.5, 0.6) is 5.75 Å². The molecule has 36 heavy (non-hydrogen) atoms. The molecule has 1 heterocycles. The summed E-state index contributed by atoms with van der Waals surface area (Å²) in [6.45, 7) is 3.90. The van der Waals surface area contributed by atoms with Crippen LogP contribution >= 0.6 is 0 Å². The van der Waals surface area contributed by atoms with E-state index in [1.165, 1.54) is 24.3 Å². The van der Waals surface area contributed by atoms with Gasteiger partial charge in [0.1, 0.15) is 23.5 Å². The molecule has 0 aromatic heterocycles. The number of rotatable bonds is 9. The Morgan fingerprint density at radius 1 is 0.889 bits per heavy atom. The van der Waals surface area contributed by atoms with Crippen LogP contribution in [0.25, 0.3) is 6.08 Å². The van der Waals surface area contributed by atoms with E-state index in [0.29, 0.717) is 26.2 Å². The number of methoxy groups -OCH3 is 1. The van der Waals surface area contributed by atoms with Crippen LogP contribution in [0, 0.1) is 11.6 Å². The molecule has 188 valence electrons. The normalized spacial score (nSPS) is 14.5. The summed E-state index contributed by atoms with van der Waals surface area (Å²) in [6.07, 6.45) is 2.95. The maximum atomic E-state index is 13.4. The van der Waals surface area contributed by atoms with Crippen LogP contribution in [0.2, 0.25) is 0 Å². The molecule has 0 bridgehead atoms. The van der Waals surface area contributed by atoms with Crippen LogP contribution in [0.4, 0.5) is 8.78 Å². The Hall–Kier alpha value is -3.55. The number of nitrogens with zero attached hydrogens (tertiary/aromatic N) is 2. The van der Waals surface area contributed by atoms with Gasteiger partial charge in [-0.05, 0) is 47.5 Å². The molecule has 1 fully saturated rings. The molecule has 0 atom stereocenters. The predicted octanol–water partition coefficient (Wildman–Crippen LogP) is 4.94. The number of amides is 1. The summed E-state index contributed by atoms with van der Waals surface area (Å²) in [6, 6.07) is 19.9. The van der Waals surface area contributed by atoms with Crippen molar-refractivity contribution in [3.8, 4) is 5.75 Å². The highest BCUT2D eigenvalue weighted by atomic mass is 19.1. The van der Waals surface area contributed by atoms with Crippen LogP contribution < -0.4 is 4.74 Å². The standard InChI is InChI=1S/C29H30F2N2O3/c1-35-27-5-3-2-4-22(27)10-15-28(34)33-18-16-32(17-19-33)20-21-36-29(23-6-11-25(30)12-7-23)24-8-13-26(31)14-9-24/h2-15,29H,16-21H2,1H3/b15-10+. The van der Waals surface area contributed by atoms with Gasteiger partial charge in [-0.3, -0.25) is 9.69 Å². The molecular weight excluding hydrogens is 462 g/mol. The van der Waals surface area contributed by atoms with Gasteiger partial charge in [-0.1, -0.05) is 42.5 Å². The molecule has 1 aliphatic rings. The van der Waals surface area contributed by atoms with Crippen molar-refractivity contribution >= 4 is 12.0 Å². The summed E-state index contributed by atoms with van der Waals surface area (Å²) in [5, 5.41) is 0. The van der Waals surface area contributed by atoms with Gasteiger partial charge in [0.05, 0.1) is 13.7 Å². The van der Waals surface area contributed by atoms with Crippen LogP contribution in [0.15, 0.2) is 78.9 Å². The van der Waals surface area contributed by atoms with Crippen molar-refractivity contribution in [3.63, 3.8) is 0 Å². The fraction of sp³-hybridized carbons (Fsp3) is 0.276. The number of carbonyl (C=O) groups excluding carboxylic acids is 1. The average molecular weight is 493 g/mol. The second kappa shape index (κ2) is 12.4. The van der Waals surface area contributed by atoms with Crippen LogP contribution in [0.1, 0.15) is 22.8 Å². The Morgan fingerprint density at radius 2 is 1.47 bits per heavy atom. The lowest BCUT2D eigenvalue weighted by atomic mass is 10.0. The fourth-order valence-electron chi connectivity index (χ4n) is 4.22. The minimum Gasteiger partial charge on any atom is -0.496 e. The number of hydrogen-bond donors (Lipinski definition) is 0. The largest absolute Gasteiger partial charge is 0.496 e. The number of hydrogen-bond acceptors (Lipinski definition) is 4. The third kappa shape index (κ3) is 6.77. The van der Waals surface area contributed by atoms with Crippen LogP contribution in [-0.2, 0) is 9.53 Å². The number of carbonyl (C=O) groups is 1. The molecule has 1 saturated heterocycles. The molecule has 0 aliphatic carbocycles. The Balaban J connectivity index is 1.28. The van der Waals surface area contributed by atoms with Crippen LogP contribution in [-0.4, -0.2) is 62.1 Å². The smallest absolute Gasteiger partial charge is 0.246 e. The lowest BCUT2D eigenvalue weighted by molar-refractivity contribution is -0.127. The molecule has 3 aromatic carbocycles. The zero-order valence-corrected chi connectivity index (χ0v) is 20.3. The minimum atomic E-state index is -0.422. The fourth-order valence-corrected chi connectivity index (χ4v) is 4.22. The molecule has 3 aromatic rings. The van der Waals surface area contributed by atoms with Crippen molar-refractivity contribution in [2.45, 2.75) is 6.10 Å². The van der Waals surface area contributed by atoms with E-state index in [-0.39, 0.29) is 17.5 Å². The lowest BCUT2D eigenvalue weighted by Gasteiger charge is -2.34. The summed E-state index contributed by atoms with van der Waals surface area (Å²) in [5.41, 5.74) is 2.47. The summed E-state index contributed by atoms with van der Waals surface area (Å²) in [7, 11) is 1.61. The molecular formula is C29H30F2N2O3. The SMILES string of the molecule is COc1ccccc1/C=C/C(=O)N1CCN(CCOC(c2ccc(F)cc2)c2ccc(F)cc2)CC1. The summed E-state index contributed by atoms with van der Waals surface area (Å²) in [4.78, 5) is 16.7. The molecule has 4 rings (SSSR count). The molecule has 1 aliphatic heterocycles. The van der Waals surface area contributed by atoms with Gasteiger partial charge < -0.3 is 14.4 Å². The van der Waals surface area contributed by atoms with Gasteiger partial charge in [0, 0.05) is 44.4 Å². The highest BCUT2D eigenvalue weighted by Crippen LogP contribution is 2.26. The lowest BCUT2D eigenvalue weighted by Crippen LogP contribution is -2.49. The first kappa shape index (κ1) is 25.5. The Kier molecular flexibility index (Phi) is 8.81. The second-order valence-electron chi connectivity index (χ2n) is 8.60. The van der Waals surface area contributed by atoms with E-state index in [1.807, 2.05) is 29.2 Å². The van der Waals surface area contributed by atoms with Crippen molar-refractivity contribution in [2.75, 3.05) is 46.4 Å². The highest BCUT2D eigenvalue weighted by molar-refractivity contribution is 5.92. The van der Waals surface area contributed by atoms with Crippen molar-refractivity contribution < 1.29 is 23.0 Å². The van der Waals surface area contributed by atoms with Gasteiger partial charge in [0.25, 0.3) is 0 Å². The molecule has 0 unspecified atom stereocenters. The molecule has 0 radical (unpaired) electrons. The Morgan fingerprint density at radius 3 is 2.06 bits per heavy atom. The summed E-state index contributed by atoms with van der Waals surface area (Å²) >= 11 is 0. The maximum absolute atomic E-state index is 13.4. The van der Waals surface area contributed by atoms with Crippen molar-refractivity contribution in [2.24, 2.45) is 0 Å². The predicted molar refractivity (Wildman–Crippen MR) is 136 cm³/mol. The Labute approximate surface area is 210 Å². The minimum absolute atomic E-state index is 0.0236. The number of para-hydroxylation sites is 1. The van der Waals surface area contributed by atoms with Gasteiger partial charge in [-0.25, -0.2) is 8.78 Å². The quantitative estimate of drug-likeness (QED) is 0.397. The average Bonchev–Trinajstić information content (AvgIpc) is 2.91. The first-order chi connectivity index (χ1) is 17.5. The zero-order valence-electron chi connectivity index (χ0n) is 20.3. The molecule has 0 N–H and O–H groups in total. The van der Waals surface area contributed by atoms with E-state index in [9.17, 15) is 13.6 Å². The van der Waals surface area contributed by atoms with E-state index in [2.05, 4.69) is 4.90 Å². The number of benzene rings is 3. The number of halogens is 2. The number of ether oxygens (including phenoxy) is 2. The third-order valence-corrected chi connectivity index (χ3v) is 6.27. The van der Waals surface area contributed by atoms with Gasteiger partial charge in [-0.2, -0.15) is 0 Å². The van der Waals surface area contributed by atoms with Crippen molar-refractivity contribution in [1.82, 2.24) is 9.80 Å². The van der Waals surface area contributed by atoms with Crippen LogP contribution in [0.3, 0.4) is 0 Å². The van der Waals surface area contributed by atoms with E-state index in [4.69, 9.17) is 9.47 Å². The molecule has 1 amide bonds. The highest BCUT2D eigenvalue weighted by Gasteiger charge is 2.21. The molecule has 0 spiro atoms. The summed E-state index contributed by atoms with van der Waals surface area (Å²) in [5.74, 6) is 0.0685. The zero-order chi connectivity index (χ0) is 25.3. The first-order valence-corrected chi connectivity index (χ1v) is 12.0. The molecule has 0 saturated carbocycles. The summed E-state index contributed by atoms with van der Waals surface area (Å²) < 4.78 is 38.4. The van der Waals surface area contributed by atoms with Gasteiger partial charge in [-0.15, -0.1) is 0 Å². The molecule has 5 nitrogen and oxygen atoms in total.